The van der Waals surface area contributed by atoms with E-state index in [2.05, 4.69) is 134 Å². The van der Waals surface area contributed by atoms with E-state index in [0.29, 0.717) is 23.7 Å². The molecule has 1 heteroatoms. The summed E-state index contributed by atoms with van der Waals surface area (Å²) in [4.78, 5) is 2.53. The molecule has 2 aromatic rings. The number of benzene rings is 2. The second kappa shape index (κ2) is 13.1. The van der Waals surface area contributed by atoms with Crippen molar-refractivity contribution in [1.82, 2.24) is 0 Å². The Balaban J connectivity index is 1.09. The van der Waals surface area contributed by atoms with Crippen molar-refractivity contribution in [2.75, 3.05) is 4.90 Å². The van der Waals surface area contributed by atoms with Gasteiger partial charge in [0.15, 0.2) is 0 Å². The molecule has 0 N–H and O–H groups in total. The number of rotatable bonds is 3. The monoisotopic (exact) mass is 643 g/mol. The first-order valence-electron chi connectivity index (χ1n) is 19.6. The maximum atomic E-state index is 2.77. The van der Waals surface area contributed by atoms with Crippen molar-refractivity contribution in [3.8, 4) is 0 Å². The number of fused-ring (bicyclic) bond motifs is 6. The van der Waals surface area contributed by atoms with Gasteiger partial charge < -0.3 is 4.90 Å². The standard InChI is InChI=1S/C48H53N/c1-32-20-28-40-36(30-32)21-22-37-31-38(25-29-41(37)40)48-44-17-9-7-15-42(44)47(43-16-8-10-18-45(43)48)35-23-26-39(27-24-35)49-33(2)12-4-3-5-13-34-14-6-11-19-46(34)49/h3-7,9,11-12,14,19-20,23-29,31-33,36-37,40-42,44H,8,10,13,15-18,21-22,30H2,1-2H3/b5-3-,12-4-/t32-,33?,36?,37?,40?,41?,42?,44?/m1/s1. The lowest BCUT2D eigenvalue weighted by Crippen LogP contribution is -2.36. The first-order valence-corrected chi connectivity index (χ1v) is 19.6. The van der Waals surface area contributed by atoms with E-state index in [1.54, 1.807) is 27.9 Å². The number of hydrogen-bond acceptors (Lipinski definition) is 1. The van der Waals surface area contributed by atoms with Crippen molar-refractivity contribution in [1.29, 1.82) is 0 Å². The van der Waals surface area contributed by atoms with Crippen LogP contribution < -0.4 is 4.90 Å². The van der Waals surface area contributed by atoms with E-state index in [9.17, 15) is 0 Å². The fraction of sp³-hybridized carbons (Fsp3) is 0.417. The van der Waals surface area contributed by atoms with Crippen molar-refractivity contribution in [3.63, 3.8) is 0 Å². The lowest BCUT2D eigenvalue weighted by molar-refractivity contribution is 0.155. The van der Waals surface area contributed by atoms with Crippen LogP contribution in [0.5, 0.6) is 0 Å². The molecule has 0 amide bonds. The van der Waals surface area contributed by atoms with E-state index in [1.165, 1.54) is 73.9 Å². The molecule has 0 spiro atoms. The van der Waals surface area contributed by atoms with Gasteiger partial charge in [-0.2, -0.15) is 0 Å². The Kier molecular flexibility index (Phi) is 8.35. The van der Waals surface area contributed by atoms with Gasteiger partial charge in [-0.3, -0.25) is 0 Å². The Hall–Kier alpha value is -3.84. The van der Waals surface area contributed by atoms with E-state index in [-0.39, 0.29) is 6.04 Å². The average Bonchev–Trinajstić information content (AvgIpc) is 3.22. The van der Waals surface area contributed by atoms with Crippen LogP contribution in [0.4, 0.5) is 11.4 Å². The number of anilines is 2. The summed E-state index contributed by atoms with van der Waals surface area (Å²) in [6.45, 7) is 4.73. The molecule has 1 nitrogen and oxygen atoms in total. The highest BCUT2D eigenvalue weighted by molar-refractivity contribution is 5.81. The predicted octanol–water partition coefficient (Wildman–Crippen LogP) is 12.5. The minimum atomic E-state index is 0.263. The quantitative estimate of drug-likeness (QED) is 0.301. The molecule has 0 bridgehead atoms. The molecule has 49 heavy (non-hydrogen) atoms. The third-order valence-electron chi connectivity index (χ3n) is 13.3. The van der Waals surface area contributed by atoms with E-state index in [1.807, 2.05) is 0 Å². The Morgan fingerprint density at radius 2 is 1.47 bits per heavy atom. The average molecular weight is 644 g/mol. The molecule has 7 aliphatic rings. The Bertz CT molecular complexity index is 1830. The lowest BCUT2D eigenvalue weighted by atomic mass is 9.58. The van der Waals surface area contributed by atoms with Gasteiger partial charge in [-0.15, -0.1) is 0 Å². The number of para-hydroxylation sites is 1. The Labute approximate surface area is 295 Å². The summed E-state index contributed by atoms with van der Waals surface area (Å²) < 4.78 is 0. The van der Waals surface area contributed by atoms with Crippen LogP contribution in [-0.4, -0.2) is 6.04 Å². The zero-order chi connectivity index (χ0) is 32.9. The summed E-state index contributed by atoms with van der Waals surface area (Å²) >= 11 is 0. The number of nitrogens with zero attached hydrogens (tertiary/aromatic N) is 1. The smallest absolute Gasteiger partial charge is 0.0497 e. The molecule has 0 radical (unpaired) electrons. The van der Waals surface area contributed by atoms with Gasteiger partial charge in [-0.25, -0.2) is 0 Å². The highest BCUT2D eigenvalue weighted by Gasteiger charge is 2.42. The zero-order valence-corrected chi connectivity index (χ0v) is 29.6. The van der Waals surface area contributed by atoms with Crippen LogP contribution in [-0.2, 0) is 6.42 Å². The van der Waals surface area contributed by atoms with E-state index in [0.717, 1.165) is 30.6 Å². The summed E-state index contributed by atoms with van der Waals surface area (Å²) in [7, 11) is 0. The number of allylic oxidation sites excluding steroid dienone is 15. The molecule has 2 saturated carbocycles. The minimum Gasteiger partial charge on any atom is -0.335 e. The van der Waals surface area contributed by atoms with Gasteiger partial charge in [0.05, 0.1) is 0 Å². The predicted molar refractivity (Wildman–Crippen MR) is 208 cm³/mol. The topological polar surface area (TPSA) is 3.24 Å². The normalized spacial score (nSPS) is 34.7. The summed E-state index contributed by atoms with van der Waals surface area (Å²) in [5, 5.41) is 0. The fourth-order valence-corrected chi connectivity index (χ4v) is 11.0. The Morgan fingerprint density at radius 1 is 0.694 bits per heavy atom. The van der Waals surface area contributed by atoms with Crippen LogP contribution >= 0.6 is 0 Å². The van der Waals surface area contributed by atoms with Crippen molar-refractivity contribution in [3.05, 3.63) is 149 Å². The van der Waals surface area contributed by atoms with Gasteiger partial charge >= 0.3 is 0 Å². The molecule has 6 aliphatic carbocycles. The van der Waals surface area contributed by atoms with E-state index in [4.69, 9.17) is 0 Å². The van der Waals surface area contributed by atoms with Crippen LogP contribution in [0.3, 0.4) is 0 Å². The maximum absolute atomic E-state index is 2.77. The van der Waals surface area contributed by atoms with Gasteiger partial charge in [-0.05, 0) is 170 Å². The van der Waals surface area contributed by atoms with E-state index < -0.39 is 0 Å². The molecule has 9 rings (SSSR count). The molecule has 0 aromatic heterocycles. The highest BCUT2D eigenvalue weighted by Crippen LogP contribution is 2.56. The Morgan fingerprint density at radius 3 is 2.31 bits per heavy atom. The maximum Gasteiger partial charge on any atom is 0.0497 e. The van der Waals surface area contributed by atoms with Crippen LogP contribution in [0.1, 0.15) is 82.8 Å². The van der Waals surface area contributed by atoms with Gasteiger partial charge in [0.25, 0.3) is 0 Å². The molecule has 1 aliphatic heterocycles. The third kappa shape index (κ3) is 5.62. The van der Waals surface area contributed by atoms with Crippen molar-refractivity contribution in [2.24, 2.45) is 41.4 Å². The first-order chi connectivity index (χ1) is 24.1. The van der Waals surface area contributed by atoms with Crippen LogP contribution in [0.15, 0.2) is 138 Å². The molecular formula is C48H53N. The van der Waals surface area contributed by atoms with Gasteiger partial charge in [0.1, 0.15) is 0 Å². The first kappa shape index (κ1) is 31.2. The highest BCUT2D eigenvalue weighted by atomic mass is 15.2. The second-order valence-electron chi connectivity index (χ2n) is 16.2. The van der Waals surface area contributed by atoms with Crippen molar-refractivity contribution < 1.29 is 0 Å². The zero-order valence-electron chi connectivity index (χ0n) is 29.6. The summed E-state index contributed by atoms with van der Waals surface area (Å²) in [6.07, 6.45) is 39.7. The molecular weight excluding hydrogens is 591 g/mol. The lowest BCUT2D eigenvalue weighted by Gasteiger charge is -2.46. The van der Waals surface area contributed by atoms with Gasteiger partial charge in [0.2, 0.25) is 0 Å². The van der Waals surface area contributed by atoms with Crippen LogP contribution in [0.25, 0.3) is 5.57 Å². The SMILES string of the molecule is CC1/C=C\C=C/Cc2ccccc2N1c1ccc(C2=C3CCCCC3=C(C3=CC4CCC5C[C@H](C)C=CC5C4C=C3)C3CC=CCC23)cc1. The van der Waals surface area contributed by atoms with Gasteiger partial charge in [0, 0.05) is 17.4 Å². The van der Waals surface area contributed by atoms with Crippen molar-refractivity contribution >= 4 is 16.9 Å². The van der Waals surface area contributed by atoms with Crippen LogP contribution in [0, 0.1) is 41.4 Å². The van der Waals surface area contributed by atoms with Gasteiger partial charge in [-0.1, -0.05) is 104 Å². The fourth-order valence-electron chi connectivity index (χ4n) is 11.0. The molecule has 8 atom stereocenters. The van der Waals surface area contributed by atoms with E-state index >= 15 is 0 Å². The number of hydrogen-bond donors (Lipinski definition) is 0. The third-order valence-corrected chi connectivity index (χ3v) is 13.3. The minimum absolute atomic E-state index is 0.263. The summed E-state index contributed by atoms with van der Waals surface area (Å²) in [5.41, 5.74) is 13.8. The molecule has 2 fully saturated rings. The second-order valence-corrected chi connectivity index (χ2v) is 16.2. The van der Waals surface area contributed by atoms with Crippen LogP contribution in [0.2, 0.25) is 0 Å². The molecule has 7 unspecified atom stereocenters. The molecule has 0 saturated heterocycles. The summed E-state index contributed by atoms with van der Waals surface area (Å²) in [5.74, 6) is 4.91. The molecule has 1 heterocycles. The molecule has 2 aromatic carbocycles. The largest absolute Gasteiger partial charge is 0.335 e. The molecule has 250 valence electrons. The van der Waals surface area contributed by atoms with Crippen molar-refractivity contribution in [2.45, 2.75) is 84.1 Å². The summed E-state index contributed by atoms with van der Waals surface area (Å²) in [6, 6.07) is 19.0.